The quantitative estimate of drug-likeness (QED) is 0.353. The normalized spacial score (nSPS) is 28.3. The molecule has 0 aliphatic carbocycles. The number of aliphatic hydroxyl groups excluding tert-OH is 1. The molecule has 5 N–H and O–H groups in total. The number of anilines is 1. The highest BCUT2D eigenvalue weighted by molar-refractivity contribution is 8.23. The molecule has 3 aliphatic heterocycles. The molecule has 2 fully saturated rings. The molecule has 0 aromatic carbocycles. The molecule has 166 valence electrons. The van der Waals surface area contributed by atoms with Gasteiger partial charge < -0.3 is 26.0 Å². The lowest BCUT2D eigenvalue weighted by molar-refractivity contribution is -0.156. The lowest BCUT2D eigenvalue weighted by Gasteiger charge is -2.43. The van der Waals surface area contributed by atoms with E-state index in [0.29, 0.717) is 22.9 Å². The Kier molecular flexibility index (Phi) is 6.05. The van der Waals surface area contributed by atoms with Crippen molar-refractivity contribution in [3.05, 3.63) is 26.3 Å². The number of aliphatic hydroxyl groups is 1. The number of amides is 2. The van der Waals surface area contributed by atoms with Gasteiger partial charge in [-0.15, -0.1) is 23.1 Å². The fourth-order valence-corrected chi connectivity index (χ4v) is 7.71. The number of carboxylic acid groups (broad SMARTS) is 2. The van der Waals surface area contributed by atoms with Gasteiger partial charge in [0.1, 0.15) is 10.3 Å². The van der Waals surface area contributed by atoms with Gasteiger partial charge in [0, 0.05) is 17.2 Å². The van der Waals surface area contributed by atoms with E-state index in [0.717, 1.165) is 11.3 Å². The van der Waals surface area contributed by atoms with Crippen molar-refractivity contribution < 1.29 is 34.5 Å². The molecule has 4 rings (SSSR count). The molecule has 2 amide bonds. The Morgan fingerprint density at radius 2 is 2.06 bits per heavy atom. The van der Waals surface area contributed by atoms with Crippen molar-refractivity contribution >= 4 is 64.3 Å². The van der Waals surface area contributed by atoms with E-state index in [4.69, 9.17) is 5.11 Å². The molecule has 5 atom stereocenters. The molecule has 4 heterocycles. The minimum absolute atomic E-state index is 0.0609. The minimum Gasteiger partial charge on any atom is -0.477 e. The van der Waals surface area contributed by atoms with Crippen LogP contribution < -0.4 is 10.6 Å². The molecule has 1 aromatic heterocycles. The van der Waals surface area contributed by atoms with Gasteiger partial charge >= 0.3 is 11.9 Å². The second kappa shape index (κ2) is 8.47. The van der Waals surface area contributed by atoms with Crippen LogP contribution in [0.1, 0.15) is 23.0 Å². The summed E-state index contributed by atoms with van der Waals surface area (Å²) in [6.07, 6.45) is -0.414. The summed E-state index contributed by atoms with van der Waals surface area (Å²) in [5.41, 5.74) is 0.355. The summed E-state index contributed by atoms with van der Waals surface area (Å²) in [5.74, 6) is -3.56. The van der Waals surface area contributed by atoms with Gasteiger partial charge in [0.2, 0.25) is 11.8 Å². The summed E-state index contributed by atoms with van der Waals surface area (Å²) < 4.78 is 0.505. The molecular formula is C18H19N3O7S3. The van der Waals surface area contributed by atoms with E-state index in [1.807, 2.05) is 0 Å². The van der Waals surface area contributed by atoms with Gasteiger partial charge in [0.05, 0.1) is 28.0 Å². The summed E-state index contributed by atoms with van der Waals surface area (Å²) in [7, 11) is 0. The number of aliphatic carboxylic acids is 1. The lowest BCUT2D eigenvalue weighted by atomic mass is 9.92. The average Bonchev–Trinajstić information content (AvgIpc) is 3.39. The van der Waals surface area contributed by atoms with Gasteiger partial charge in [-0.1, -0.05) is 11.8 Å². The number of hydrogen-bond donors (Lipinski definition) is 5. The van der Waals surface area contributed by atoms with Crippen molar-refractivity contribution in [2.45, 2.75) is 36.1 Å². The SMILES string of the molecule is C[C@@H](O)[C@H]1C(=O)N2C(C(=O)O)=C(S[C@@H]3CN[C@H](C(=O)Nc4csc(C(=O)O)c4)C3)S[C@H]12. The van der Waals surface area contributed by atoms with Gasteiger partial charge in [-0.2, -0.15) is 0 Å². The third-order valence-electron chi connectivity index (χ3n) is 5.23. The summed E-state index contributed by atoms with van der Waals surface area (Å²) in [4.78, 5) is 48.9. The van der Waals surface area contributed by atoms with Crippen molar-refractivity contribution in [3.63, 3.8) is 0 Å². The van der Waals surface area contributed by atoms with Gasteiger partial charge in [-0.05, 0) is 19.4 Å². The Morgan fingerprint density at radius 3 is 2.68 bits per heavy atom. The number of aromatic carboxylic acids is 1. The number of hydrogen-bond acceptors (Lipinski definition) is 9. The van der Waals surface area contributed by atoms with Crippen molar-refractivity contribution in [2.75, 3.05) is 11.9 Å². The first-order valence-corrected chi connectivity index (χ1v) is 12.0. The van der Waals surface area contributed by atoms with E-state index in [1.54, 1.807) is 5.38 Å². The fraction of sp³-hybridized carbons (Fsp3) is 0.444. The van der Waals surface area contributed by atoms with Crippen LogP contribution in [0.2, 0.25) is 0 Å². The molecule has 0 radical (unpaired) electrons. The van der Waals surface area contributed by atoms with Crippen LogP contribution >= 0.6 is 34.9 Å². The Labute approximate surface area is 189 Å². The van der Waals surface area contributed by atoms with Crippen LogP contribution in [0.4, 0.5) is 5.69 Å². The van der Waals surface area contributed by atoms with Crippen molar-refractivity contribution in [1.29, 1.82) is 0 Å². The first-order valence-electron chi connectivity index (χ1n) is 9.35. The van der Waals surface area contributed by atoms with Crippen molar-refractivity contribution in [2.24, 2.45) is 5.92 Å². The predicted molar refractivity (Wildman–Crippen MR) is 116 cm³/mol. The molecule has 31 heavy (non-hydrogen) atoms. The maximum atomic E-state index is 12.5. The number of thioether (sulfide) groups is 2. The molecular weight excluding hydrogens is 466 g/mol. The van der Waals surface area contributed by atoms with Crippen molar-refractivity contribution in [1.82, 2.24) is 10.2 Å². The van der Waals surface area contributed by atoms with Crippen LogP contribution in [-0.2, 0) is 14.4 Å². The van der Waals surface area contributed by atoms with Gasteiger partial charge in [-0.25, -0.2) is 9.59 Å². The maximum Gasteiger partial charge on any atom is 0.354 e. The molecule has 10 nitrogen and oxygen atoms in total. The zero-order valence-corrected chi connectivity index (χ0v) is 18.6. The van der Waals surface area contributed by atoms with Crippen LogP contribution in [0, 0.1) is 5.92 Å². The Balaban J connectivity index is 1.38. The highest BCUT2D eigenvalue weighted by atomic mass is 32.2. The van der Waals surface area contributed by atoms with Crippen LogP contribution in [-0.4, -0.2) is 73.3 Å². The van der Waals surface area contributed by atoms with E-state index in [-0.39, 0.29) is 21.7 Å². The molecule has 0 saturated carbocycles. The summed E-state index contributed by atoms with van der Waals surface area (Å²) >= 11 is 3.61. The minimum atomic E-state index is -1.19. The standard InChI is InChI=1S/C18H19N3O7S3/c1-6(22)11-14(24)21-12(17(27)28)18(31-15(11)21)30-8-3-9(19-4-8)13(23)20-7-2-10(16(25)26)29-5-7/h2,5-6,8-9,11,15,19,22H,3-4H2,1H3,(H,20,23)(H,25,26)(H,27,28)/t6-,8+,9+,11+,15-/m1/s1. The van der Waals surface area contributed by atoms with Gasteiger partial charge in [-0.3, -0.25) is 14.5 Å². The van der Waals surface area contributed by atoms with Gasteiger partial charge in [0.15, 0.2) is 5.70 Å². The van der Waals surface area contributed by atoms with E-state index in [2.05, 4.69) is 10.6 Å². The Bertz CT molecular complexity index is 992. The topological polar surface area (TPSA) is 156 Å². The van der Waals surface area contributed by atoms with Crippen molar-refractivity contribution in [3.8, 4) is 0 Å². The number of thiophene rings is 1. The second-order valence-electron chi connectivity index (χ2n) is 7.35. The molecule has 0 spiro atoms. The zero-order valence-electron chi connectivity index (χ0n) is 16.1. The summed E-state index contributed by atoms with van der Waals surface area (Å²) in [6, 6.07) is 0.889. The predicted octanol–water partition coefficient (Wildman–Crippen LogP) is 1.01. The number of fused-ring (bicyclic) bond motifs is 1. The lowest BCUT2D eigenvalue weighted by Crippen LogP contribution is -2.60. The Morgan fingerprint density at radius 1 is 1.32 bits per heavy atom. The smallest absolute Gasteiger partial charge is 0.354 e. The second-order valence-corrected chi connectivity index (χ2v) is 11.0. The largest absolute Gasteiger partial charge is 0.477 e. The number of carboxylic acids is 2. The highest BCUT2D eigenvalue weighted by Gasteiger charge is 2.58. The molecule has 1 aromatic rings. The molecule has 2 saturated heterocycles. The first kappa shape index (κ1) is 22.1. The number of rotatable bonds is 7. The summed E-state index contributed by atoms with van der Waals surface area (Å²) in [5, 5.41) is 35.2. The number of nitrogens with one attached hydrogen (secondary N) is 2. The van der Waals surface area contributed by atoms with Crippen LogP contribution in [0.3, 0.4) is 0 Å². The zero-order chi connectivity index (χ0) is 22.4. The number of β-lactam (4-membered cyclic amide) rings is 1. The number of carbonyl (C=O) groups is 4. The number of nitrogens with zero attached hydrogens (tertiary/aromatic N) is 1. The van der Waals surface area contributed by atoms with Gasteiger partial charge in [0.25, 0.3) is 0 Å². The first-order chi connectivity index (χ1) is 14.7. The van der Waals surface area contributed by atoms with Crippen LogP contribution in [0.5, 0.6) is 0 Å². The fourth-order valence-electron chi connectivity index (χ4n) is 3.72. The molecule has 0 unspecified atom stereocenters. The summed E-state index contributed by atoms with van der Waals surface area (Å²) in [6.45, 7) is 1.99. The third kappa shape index (κ3) is 4.07. The van der Waals surface area contributed by atoms with E-state index < -0.39 is 41.3 Å². The van der Waals surface area contributed by atoms with Crippen LogP contribution in [0.25, 0.3) is 0 Å². The van der Waals surface area contributed by atoms with E-state index in [9.17, 15) is 29.4 Å². The van der Waals surface area contributed by atoms with E-state index in [1.165, 1.54) is 41.4 Å². The average molecular weight is 486 g/mol. The maximum absolute atomic E-state index is 12.5. The van der Waals surface area contributed by atoms with Crippen LogP contribution in [0.15, 0.2) is 21.4 Å². The monoisotopic (exact) mass is 485 g/mol. The Hall–Kier alpha value is -2.06. The van der Waals surface area contributed by atoms with E-state index >= 15 is 0 Å². The molecule has 0 bridgehead atoms. The number of carbonyl (C=O) groups excluding carboxylic acids is 2. The molecule has 3 aliphatic rings. The molecule has 13 heteroatoms. The third-order valence-corrected chi connectivity index (χ3v) is 8.98. The highest BCUT2D eigenvalue weighted by Crippen LogP contribution is 2.55.